The molecule has 0 N–H and O–H groups in total. The molecule has 21 heavy (non-hydrogen) atoms. The maximum Gasteiger partial charge on any atom is 0.159 e. The maximum absolute atomic E-state index is 4.66. The minimum atomic E-state index is 0.760. The van der Waals surface area contributed by atoms with Crippen LogP contribution in [0.1, 0.15) is 0 Å². The standard InChI is InChI=1S/C18H11BrN2/c19-16-7-8-17-15(10-16)11-20-18(21-17)14-6-5-12-3-1-2-4-13(12)9-14/h1-11H. The fourth-order valence-electron chi connectivity index (χ4n) is 2.47. The first kappa shape index (κ1) is 12.5. The minimum absolute atomic E-state index is 0.760. The molecule has 3 aromatic carbocycles. The Labute approximate surface area is 130 Å². The van der Waals surface area contributed by atoms with E-state index in [2.05, 4.69) is 56.2 Å². The van der Waals surface area contributed by atoms with Gasteiger partial charge in [-0.1, -0.05) is 52.3 Å². The van der Waals surface area contributed by atoms with Crippen LogP contribution in [0.3, 0.4) is 0 Å². The van der Waals surface area contributed by atoms with Gasteiger partial charge in [0.25, 0.3) is 0 Å². The Bertz CT molecular complexity index is 963. The zero-order valence-electron chi connectivity index (χ0n) is 11.1. The van der Waals surface area contributed by atoms with Crippen LogP contribution in [-0.2, 0) is 0 Å². The molecule has 0 spiro atoms. The topological polar surface area (TPSA) is 25.8 Å². The highest BCUT2D eigenvalue weighted by Gasteiger charge is 2.04. The lowest BCUT2D eigenvalue weighted by atomic mass is 10.1. The zero-order chi connectivity index (χ0) is 14.2. The number of aromatic nitrogens is 2. The average Bonchev–Trinajstić information content (AvgIpc) is 2.54. The molecule has 0 aliphatic heterocycles. The second kappa shape index (κ2) is 4.93. The van der Waals surface area contributed by atoms with Crippen LogP contribution >= 0.6 is 15.9 Å². The van der Waals surface area contributed by atoms with Gasteiger partial charge in [-0.15, -0.1) is 0 Å². The number of halogens is 1. The molecule has 0 fully saturated rings. The van der Waals surface area contributed by atoms with E-state index in [1.807, 2.05) is 36.5 Å². The highest BCUT2D eigenvalue weighted by molar-refractivity contribution is 9.10. The van der Waals surface area contributed by atoms with Gasteiger partial charge in [0.15, 0.2) is 5.82 Å². The monoisotopic (exact) mass is 334 g/mol. The van der Waals surface area contributed by atoms with E-state index in [0.29, 0.717) is 0 Å². The molecule has 0 saturated carbocycles. The minimum Gasteiger partial charge on any atom is -0.236 e. The van der Waals surface area contributed by atoms with Crippen molar-refractivity contribution in [1.82, 2.24) is 9.97 Å². The van der Waals surface area contributed by atoms with Crippen LogP contribution in [0.4, 0.5) is 0 Å². The van der Waals surface area contributed by atoms with Gasteiger partial charge in [0.2, 0.25) is 0 Å². The van der Waals surface area contributed by atoms with Crippen molar-refractivity contribution in [3.8, 4) is 11.4 Å². The van der Waals surface area contributed by atoms with E-state index in [-0.39, 0.29) is 0 Å². The van der Waals surface area contributed by atoms with Crippen molar-refractivity contribution in [2.24, 2.45) is 0 Å². The fourth-order valence-corrected chi connectivity index (χ4v) is 2.85. The lowest BCUT2D eigenvalue weighted by molar-refractivity contribution is 1.23. The number of nitrogens with zero attached hydrogens (tertiary/aromatic N) is 2. The van der Waals surface area contributed by atoms with Crippen LogP contribution < -0.4 is 0 Å². The van der Waals surface area contributed by atoms with Gasteiger partial charge in [-0.05, 0) is 35.0 Å². The SMILES string of the molecule is Brc1ccc2nc(-c3ccc4ccccc4c3)ncc2c1. The molecular formula is C18H11BrN2. The quantitative estimate of drug-likeness (QED) is 0.477. The molecule has 0 bridgehead atoms. The Kier molecular flexibility index (Phi) is 2.93. The predicted octanol–water partition coefficient (Wildman–Crippen LogP) is 5.21. The molecule has 1 heterocycles. The predicted molar refractivity (Wildman–Crippen MR) is 90.2 cm³/mol. The summed E-state index contributed by atoms with van der Waals surface area (Å²) in [6.07, 6.45) is 1.87. The van der Waals surface area contributed by atoms with E-state index >= 15 is 0 Å². The first-order valence-electron chi connectivity index (χ1n) is 6.71. The number of rotatable bonds is 1. The van der Waals surface area contributed by atoms with Gasteiger partial charge in [-0.2, -0.15) is 0 Å². The van der Waals surface area contributed by atoms with Crippen LogP contribution in [0, 0.1) is 0 Å². The molecule has 0 atom stereocenters. The molecule has 0 amide bonds. The Morgan fingerprint density at radius 2 is 1.62 bits per heavy atom. The van der Waals surface area contributed by atoms with E-state index in [0.717, 1.165) is 26.8 Å². The Morgan fingerprint density at radius 3 is 2.52 bits per heavy atom. The summed E-state index contributed by atoms with van der Waals surface area (Å²) in [5, 5.41) is 3.47. The van der Waals surface area contributed by atoms with Crippen molar-refractivity contribution < 1.29 is 0 Å². The molecular weight excluding hydrogens is 324 g/mol. The Hall–Kier alpha value is -2.26. The number of hydrogen-bond acceptors (Lipinski definition) is 2. The van der Waals surface area contributed by atoms with Gasteiger partial charge < -0.3 is 0 Å². The maximum atomic E-state index is 4.66. The van der Waals surface area contributed by atoms with Crippen molar-refractivity contribution in [1.29, 1.82) is 0 Å². The van der Waals surface area contributed by atoms with E-state index in [1.54, 1.807) is 0 Å². The third kappa shape index (κ3) is 2.30. The van der Waals surface area contributed by atoms with E-state index in [9.17, 15) is 0 Å². The van der Waals surface area contributed by atoms with Gasteiger partial charge in [0.1, 0.15) is 0 Å². The second-order valence-electron chi connectivity index (χ2n) is 4.96. The molecule has 0 aliphatic carbocycles. The molecule has 3 heteroatoms. The first-order valence-corrected chi connectivity index (χ1v) is 7.50. The lowest BCUT2D eigenvalue weighted by Gasteiger charge is -2.04. The van der Waals surface area contributed by atoms with Crippen molar-refractivity contribution in [3.63, 3.8) is 0 Å². The van der Waals surface area contributed by atoms with E-state index in [4.69, 9.17) is 0 Å². The molecule has 4 rings (SSSR count). The van der Waals surface area contributed by atoms with Crippen molar-refractivity contribution in [2.75, 3.05) is 0 Å². The second-order valence-corrected chi connectivity index (χ2v) is 5.87. The van der Waals surface area contributed by atoms with Crippen molar-refractivity contribution >= 4 is 37.6 Å². The molecule has 0 aliphatic rings. The van der Waals surface area contributed by atoms with Crippen molar-refractivity contribution in [2.45, 2.75) is 0 Å². The van der Waals surface area contributed by atoms with Crippen molar-refractivity contribution in [3.05, 3.63) is 71.3 Å². The van der Waals surface area contributed by atoms with Gasteiger partial charge in [0.05, 0.1) is 5.52 Å². The zero-order valence-corrected chi connectivity index (χ0v) is 12.7. The largest absolute Gasteiger partial charge is 0.236 e. The third-order valence-corrected chi connectivity index (χ3v) is 4.04. The molecule has 2 nitrogen and oxygen atoms in total. The van der Waals surface area contributed by atoms with E-state index in [1.165, 1.54) is 10.8 Å². The normalized spacial score (nSPS) is 11.1. The molecule has 1 aromatic heterocycles. The lowest BCUT2D eigenvalue weighted by Crippen LogP contribution is -1.90. The number of benzene rings is 3. The molecule has 0 radical (unpaired) electrons. The summed E-state index contributed by atoms with van der Waals surface area (Å²) in [7, 11) is 0. The molecule has 4 aromatic rings. The van der Waals surface area contributed by atoms with Gasteiger partial charge in [0, 0.05) is 21.6 Å². The highest BCUT2D eigenvalue weighted by Crippen LogP contribution is 2.24. The van der Waals surface area contributed by atoms with Crippen LogP contribution in [0.5, 0.6) is 0 Å². The Balaban J connectivity index is 1.89. The summed E-state index contributed by atoms with van der Waals surface area (Å²) < 4.78 is 1.04. The summed E-state index contributed by atoms with van der Waals surface area (Å²) in [6.45, 7) is 0. The Morgan fingerprint density at radius 1 is 0.762 bits per heavy atom. The first-order chi connectivity index (χ1) is 10.3. The van der Waals surface area contributed by atoms with Gasteiger partial charge in [-0.25, -0.2) is 9.97 Å². The summed E-state index contributed by atoms with van der Waals surface area (Å²) in [5.74, 6) is 0.760. The summed E-state index contributed by atoms with van der Waals surface area (Å²) >= 11 is 3.47. The summed E-state index contributed by atoms with van der Waals surface area (Å²) in [4.78, 5) is 9.15. The number of hydrogen-bond donors (Lipinski definition) is 0. The summed E-state index contributed by atoms with van der Waals surface area (Å²) in [5.41, 5.74) is 2.00. The van der Waals surface area contributed by atoms with Gasteiger partial charge >= 0.3 is 0 Å². The fraction of sp³-hybridized carbons (Fsp3) is 0. The van der Waals surface area contributed by atoms with Gasteiger partial charge in [-0.3, -0.25) is 0 Å². The molecule has 100 valence electrons. The molecule has 0 unspecified atom stereocenters. The molecule has 0 saturated heterocycles. The van der Waals surface area contributed by atoms with Crippen LogP contribution in [-0.4, -0.2) is 9.97 Å². The third-order valence-electron chi connectivity index (χ3n) is 3.55. The average molecular weight is 335 g/mol. The van der Waals surface area contributed by atoms with Crippen LogP contribution in [0.15, 0.2) is 71.3 Å². The summed E-state index contributed by atoms with van der Waals surface area (Å²) in [6, 6.07) is 20.7. The smallest absolute Gasteiger partial charge is 0.159 e. The van der Waals surface area contributed by atoms with Crippen LogP contribution in [0.25, 0.3) is 33.1 Å². The van der Waals surface area contributed by atoms with E-state index < -0.39 is 0 Å². The van der Waals surface area contributed by atoms with Crippen LogP contribution in [0.2, 0.25) is 0 Å². The highest BCUT2D eigenvalue weighted by atomic mass is 79.9. The number of fused-ring (bicyclic) bond motifs is 2.